The van der Waals surface area contributed by atoms with E-state index >= 15 is 0 Å². The van der Waals surface area contributed by atoms with Crippen LogP contribution in [0, 0.1) is 11.3 Å². The zero-order chi connectivity index (χ0) is 16.8. The number of hydrogen-bond acceptors (Lipinski definition) is 5. The molecule has 6 heteroatoms. The molecule has 2 fully saturated rings. The second kappa shape index (κ2) is 8.32. The molecule has 0 spiro atoms. The molecule has 2 atom stereocenters. The summed E-state index contributed by atoms with van der Waals surface area (Å²) in [5.74, 6) is -0.134. The highest BCUT2D eigenvalue weighted by atomic mass is 16.2. The van der Waals surface area contributed by atoms with E-state index in [9.17, 15) is 10.1 Å². The van der Waals surface area contributed by atoms with E-state index in [0.29, 0.717) is 31.7 Å². The molecule has 0 saturated carbocycles. The van der Waals surface area contributed by atoms with Gasteiger partial charge >= 0.3 is 0 Å². The molecule has 0 aromatic rings. The Balaban J connectivity index is 2.01. The molecule has 2 aliphatic rings. The van der Waals surface area contributed by atoms with Crippen molar-refractivity contribution in [3.05, 3.63) is 11.8 Å². The molecule has 2 unspecified atom stereocenters. The number of carbonyl (C=O) groups is 1. The number of rotatable bonds is 4. The Labute approximate surface area is 139 Å². The monoisotopic (exact) mass is 319 g/mol. The molecule has 1 amide bonds. The predicted molar refractivity (Wildman–Crippen MR) is 90.4 cm³/mol. The van der Waals surface area contributed by atoms with Crippen LogP contribution in [-0.2, 0) is 4.79 Å². The largest absolute Gasteiger partial charge is 0.371 e. The highest BCUT2D eigenvalue weighted by molar-refractivity contribution is 5.97. The number of nitrogens with zero attached hydrogens (tertiary/aromatic N) is 4. The number of likely N-dealkylation sites (tertiary alicyclic amines) is 1. The summed E-state index contributed by atoms with van der Waals surface area (Å²) in [7, 11) is 0. The number of amides is 1. The maximum atomic E-state index is 12.6. The Bertz CT molecular complexity index is 466. The molecule has 0 radical (unpaired) electrons. The van der Waals surface area contributed by atoms with Gasteiger partial charge in [-0.05, 0) is 33.1 Å². The van der Waals surface area contributed by atoms with Gasteiger partial charge in [-0.2, -0.15) is 5.26 Å². The van der Waals surface area contributed by atoms with Crippen molar-refractivity contribution in [1.29, 1.82) is 5.26 Å². The van der Waals surface area contributed by atoms with Crippen molar-refractivity contribution < 1.29 is 4.79 Å². The first-order valence-corrected chi connectivity index (χ1v) is 8.68. The zero-order valence-electron chi connectivity index (χ0n) is 14.4. The minimum absolute atomic E-state index is 0.134. The number of piperidine rings is 1. The van der Waals surface area contributed by atoms with Crippen LogP contribution >= 0.6 is 0 Å². The highest BCUT2D eigenvalue weighted by Crippen LogP contribution is 2.23. The van der Waals surface area contributed by atoms with E-state index in [1.807, 2.05) is 0 Å². The minimum atomic E-state index is -0.134. The van der Waals surface area contributed by atoms with Gasteiger partial charge in [-0.3, -0.25) is 9.69 Å². The molecular formula is C17H29N5O. The van der Waals surface area contributed by atoms with Gasteiger partial charge in [-0.25, -0.2) is 0 Å². The van der Waals surface area contributed by atoms with Gasteiger partial charge < -0.3 is 15.5 Å². The highest BCUT2D eigenvalue weighted by Gasteiger charge is 2.27. The third kappa shape index (κ3) is 4.46. The van der Waals surface area contributed by atoms with Crippen molar-refractivity contribution in [3.8, 4) is 6.07 Å². The summed E-state index contributed by atoms with van der Waals surface area (Å²) in [6.45, 7) is 8.84. The topological polar surface area (TPSA) is 76.6 Å². The molecule has 6 nitrogen and oxygen atoms in total. The first-order chi connectivity index (χ1) is 11.1. The van der Waals surface area contributed by atoms with Gasteiger partial charge in [0.1, 0.15) is 11.6 Å². The number of nitrogens with two attached hydrogens (primary N) is 1. The van der Waals surface area contributed by atoms with Crippen LogP contribution in [0.1, 0.15) is 33.1 Å². The first-order valence-electron chi connectivity index (χ1n) is 8.68. The van der Waals surface area contributed by atoms with Crippen LogP contribution in [0.3, 0.4) is 0 Å². The van der Waals surface area contributed by atoms with Crippen LogP contribution in [0.5, 0.6) is 0 Å². The van der Waals surface area contributed by atoms with E-state index in [1.54, 1.807) is 11.1 Å². The molecule has 0 aromatic heterocycles. The third-order valence-electron chi connectivity index (χ3n) is 5.00. The van der Waals surface area contributed by atoms with Gasteiger partial charge in [0.25, 0.3) is 5.91 Å². The lowest BCUT2D eigenvalue weighted by molar-refractivity contribution is -0.128. The number of piperazine rings is 1. The first kappa shape index (κ1) is 17.8. The summed E-state index contributed by atoms with van der Waals surface area (Å²) < 4.78 is 0. The molecule has 2 rings (SSSR count). The van der Waals surface area contributed by atoms with E-state index in [4.69, 9.17) is 5.73 Å². The van der Waals surface area contributed by atoms with Crippen molar-refractivity contribution in [2.75, 3.05) is 39.3 Å². The van der Waals surface area contributed by atoms with E-state index in [-0.39, 0.29) is 11.5 Å². The Morgan fingerprint density at radius 1 is 1.22 bits per heavy atom. The summed E-state index contributed by atoms with van der Waals surface area (Å²) in [4.78, 5) is 18.9. The fraction of sp³-hybridized carbons (Fsp3) is 0.765. The normalized spacial score (nSPS) is 27.0. The summed E-state index contributed by atoms with van der Waals surface area (Å²) in [6, 6.07) is 2.89. The summed E-state index contributed by atoms with van der Waals surface area (Å²) >= 11 is 0. The van der Waals surface area contributed by atoms with Crippen LogP contribution in [0.4, 0.5) is 0 Å². The summed E-state index contributed by atoms with van der Waals surface area (Å²) in [5.41, 5.74) is 5.84. The van der Waals surface area contributed by atoms with Gasteiger partial charge in [0.05, 0.1) is 0 Å². The van der Waals surface area contributed by atoms with Gasteiger partial charge in [-0.15, -0.1) is 0 Å². The van der Waals surface area contributed by atoms with E-state index in [2.05, 4.69) is 29.7 Å². The Hall–Kier alpha value is -1.58. The number of hydrogen-bond donors (Lipinski definition) is 1. The van der Waals surface area contributed by atoms with Crippen LogP contribution in [0.25, 0.3) is 0 Å². The lowest BCUT2D eigenvalue weighted by atomic mass is 9.98. The van der Waals surface area contributed by atoms with Crippen molar-refractivity contribution in [3.63, 3.8) is 0 Å². The number of carbonyl (C=O) groups excluding carboxylic acids is 1. The predicted octanol–water partition coefficient (Wildman–Crippen LogP) is 0.760. The Morgan fingerprint density at radius 2 is 1.83 bits per heavy atom. The maximum absolute atomic E-state index is 12.6. The Morgan fingerprint density at radius 3 is 2.35 bits per heavy atom. The lowest BCUT2D eigenvalue weighted by Gasteiger charge is -2.39. The van der Waals surface area contributed by atoms with Crippen LogP contribution in [0.15, 0.2) is 11.8 Å². The molecule has 2 saturated heterocycles. The Kier molecular flexibility index (Phi) is 6.43. The SMILES string of the molecule is CC1CCCC(C)N1/C=C(/C#N)C(=O)N1CCN(CCN)CC1. The summed E-state index contributed by atoms with van der Waals surface area (Å²) in [5, 5.41) is 9.45. The molecule has 128 valence electrons. The molecule has 0 bridgehead atoms. The third-order valence-corrected chi connectivity index (χ3v) is 5.00. The second-order valence-corrected chi connectivity index (χ2v) is 6.65. The van der Waals surface area contributed by atoms with E-state index in [1.165, 1.54) is 6.42 Å². The zero-order valence-corrected chi connectivity index (χ0v) is 14.4. The summed E-state index contributed by atoms with van der Waals surface area (Å²) in [6.07, 6.45) is 5.24. The minimum Gasteiger partial charge on any atom is -0.371 e. The van der Waals surface area contributed by atoms with Crippen molar-refractivity contribution in [2.24, 2.45) is 5.73 Å². The van der Waals surface area contributed by atoms with E-state index < -0.39 is 0 Å². The van der Waals surface area contributed by atoms with Crippen molar-refractivity contribution in [2.45, 2.75) is 45.2 Å². The molecule has 0 aromatic carbocycles. The fourth-order valence-electron chi connectivity index (χ4n) is 3.50. The van der Waals surface area contributed by atoms with Crippen LogP contribution < -0.4 is 5.73 Å². The second-order valence-electron chi connectivity index (χ2n) is 6.65. The van der Waals surface area contributed by atoms with Crippen molar-refractivity contribution >= 4 is 5.91 Å². The molecule has 23 heavy (non-hydrogen) atoms. The van der Waals surface area contributed by atoms with Crippen LogP contribution in [-0.4, -0.2) is 72.0 Å². The number of nitriles is 1. The molecule has 2 N–H and O–H groups in total. The average Bonchev–Trinajstić information content (AvgIpc) is 2.55. The molecule has 2 aliphatic heterocycles. The van der Waals surface area contributed by atoms with Gasteiger partial charge in [0.15, 0.2) is 0 Å². The molecular weight excluding hydrogens is 290 g/mol. The average molecular weight is 319 g/mol. The quantitative estimate of drug-likeness (QED) is 0.611. The lowest BCUT2D eigenvalue weighted by Crippen LogP contribution is -2.50. The fourth-order valence-corrected chi connectivity index (χ4v) is 3.50. The van der Waals surface area contributed by atoms with Gasteiger partial charge in [-0.1, -0.05) is 0 Å². The van der Waals surface area contributed by atoms with Crippen molar-refractivity contribution in [1.82, 2.24) is 14.7 Å². The van der Waals surface area contributed by atoms with Gasteiger partial charge in [0.2, 0.25) is 0 Å². The maximum Gasteiger partial charge on any atom is 0.266 e. The standard InChI is InChI=1S/C17H29N5O/c1-14-4-3-5-15(2)22(14)13-16(12-19)17(23)21-10-8-20(7-6-18)9-11-21/h13-15H,3-11,18H2,1-2H3/b16-13-. The smallest absolute Gasteiger partial charge is 0.266 e. The molecule has 0 aliphatic carbocycles. The van der Waals surface area contributed by atoms with Crippen LogP contribution in [0.2, 0.25) is 0 Å². The van der Waals surface area contributed by atoms with E-state index in [0.717, 1.165) is 32.5 Å². The van der Waals surface area contributed by atoms with Gasteiger partial charge in [0, 0.05) is 57.6 Å². The molecule has 2 heterocycles.